The summed E-state index contributed by atoms with van der Waals surface area (Å²) in [5, 5.41) is 3.35. The fourth-order valence-corrected chi connectivity index (χ4v) is 6.94. The Balaban J connectivity index is 1.45. The number of morpholine rings is 1. The smallest absolute Gasteiger partial charge is 0.250 e. The van der Waals surface area contributed by atoms with E-state index in [1.165, 1.54) is 56.8 Å². The molecule has 1 saturated heterocycles. The van der Waals surface area contributed by atoms with Crippen LogP contribution in [0.1, 0.15) is 69.9 Å². The number of ether oxygens (including phenoxy) is 1. The Morgan fingerprint density at radius 2 is 1.77 bits per heavy atom. The van der Waals surface area contributed by atoms with E-state index in [2.05, 4.69) is 55.9 Å². The van der Waals surface area contributed by atoms with Crippen LogP contribution in [0.4, 0.5) is 11.8 Å². The van der Waals surface area contributed by atoms with Gasteiger partial charge >= 0.3 is 0 Å². The van der Waals surface area contributed by atoms with Crippen LogP contribution in [0.25, 0.3) is 11.2 Å². The maximum Gasteiger partial charge on any atom is 0.250 e. The van der Waals surface area contributed by atoms with Crippen molar-refractivity contribution in [1.29, 1.82) is 0 Å². The summed E-state index contributed by atoms with van der Waals surface area (Å²) in [7, 11) is -3.61. The van der Waals surface area contributed by atoms with E-state index < -0.39 is 9.84 Å². The van der Waals surface area contributed by atoms with Crippen LogP contribution in [-0.4, -0.2) is 60.5 Å². The van der Waals surface area contributed by atoms with E-state index in [-0.39, 0.29) is 11.2 Å². The van der Waals surface area contributed by atoms with Crippen LogP contribution < -0.4 is 10.2 Å². The number of imidazole rings is 1. The van der Waals surface area contributed by atoms with Crippen LogP contribution >= 0.6 is 0 Å². The van der Waals surface area contributed by atoms with Crippen molar-refractivity contribution in [2.45, 2.75) is 76.0 Å². The van der Waals surface area contributed by atoms with Gasteiger partial charge in [0.05, 0.1) is 19.3 Å². The number of nitrogens with one attached hydrogen (secondary N) is 1. The van der Waals surface area contributed by atoms with Crippen molar-refractivity contribution >= 4 is 32.8 Å². The van der Waals surface area contributed by atoms with Crippen LogP contribution in [0.5, 0.6) is 0 Å². The van der Waals surface area contributed by atoms with Gasteiger partial charge in [-0.3, -0.25) is 0 Å². The molecule has 0 unspecified atom stereocenters. The second-order valence-corrected chi connectivity index (χ2v) is 14.1. The van der Waals surface area contributed by atoms with Gasteiger partial charge in [0, 0.05) is 25.9 Å². The van der Waals surface area contributed by atoms with Crippen LogP contribution in [0.15, 0.2) is 35.5 Å². The van der Waals surface area contributed by atoms with Gasteiger partial charge in [0.25, 0.3) is 5.16 Å². The fraction of sp³-hybridized carbons (Fsp3) is 0.633. The third-order valence-electron chi connectivity index (χ3n) is 9.11. The highest BCUT2D eigenvalue weighted by atomic mass is 32.2. The lowest BCUT2D eigenvalue weighted by Gasteiger charge is -2.37. The first-order valence-electron chi connectivity index (χ1n) is 15.0. The number of benzene rings is 1. The zero-order valence-corrected chi connectivity index (χ0v) is 24.6. The number of hydrogen-bond donors (Lipinski definition) is 1. The van der Waals surface area contributed by atoms with Crippen molar-refractivity contribution < 1.29 is 13.2 Å². The number of aromatic nitrogens is 4. The lowest BCUT2D eigenvalue weighted by molar-refractivity contribution is 0.0927. The van der Waals surface area contributed by atoms with Gasteiger partial charge < -0.3 is 19.5 Å². The molecule has 10 heteroatoms. The minimum Gasteiger partial charge on any atom is -0.377 e. The highest BCUT2D eigenvalue weighted by Gasteiger charge is 2.32. The molecule has 2 aromatic heterocycles. The molecule has 1 aromatic carbocycles. The van der Waals surface area contributed by atoms with Crippen molar-refractivity contribution in [2.75, 3.05) is 42.8 Å². The molecule has 0 bridgehead atoms. The summed E-state index contributed by atoms with van der Waals surface area (Å²) in [5.74, 6) is 3.44. The van der Waals surface area contributed by atoms with Crippen molar-refractivity contribution in [3.05, 3.63) is 35.9 Å². The van der Waals surface area contributed by atoms with E-state index in [1.807, 2.05) is 6.07 Å². The van der Waals surface area contributed by atoms with Crippen LogP contribution in [0.3, 0.4) is 0 Å². The molecule has 3 aromatic rings. The van der Waals surface area contributed by atoms with Gasteiger partial charge in [0.1, 0.15) is 5.52 Å². The zero-order valence-electron chi connectivity index (χ0n) is 23.8. The number of nitrogens with zero attached hydrogens (tertiary/aromatic N) is 5. The first-order chi connectivity index (χ1) is 19.4. The van der Waals surface area contributed by atoms with Crippen LogP contribution in [0.2, 0.25) is 0 Å². The first-order valence-corrected chi connectivity index (χ1v) is 16.9. The first kappa shape index (κ1) is 27.4. The SMILES string of the molecule is CC1CCC(Cn2c(N3CCOC[C@H]3c3ccccc3)nc3nc(S(C)(=O)=O)nc(NCCC4CCC4)c32)CC1. The number of sulfone groups is 1. The van der Waals surface area contributed by atoms with Gasteiger partial charge in [0.2, 0.25) is 15.8 Å². The Morgan fingerprint density at radius 3 is 2.48 bits per heavy atom. The quantitative estimate of drug-likeness (QED) is 0.351. The maximum atomic E-state index is 12.6. The molecule has 0 radical (unpaired) electrons. The molecule has 40 heavy (non-hydrogen) atoms. The molecule has 2 saturated carbocycles. The largest absolute Gasteiger partial charge is 0.377 e. The lowest BCUT2D eigenvalue weighted by Crippen LogP contribution is -2.41. The molecular formula is C30H42N6O3S. The Labute approximate surface area is 237 Å². The fourth-order valence-electron chi connectivity index (χ4n) is 6.43. The third-order valence-corrected chi connectivity index (χ3v) is 9.96. The van der Waals surface area contributed by atoms with Crippen LogP contribution in [0, 0.1) is 17.8 Å². The summed E-state index contributed by atoms with van der Waals surface area (Å²) in [4.78, 5) is 16.5. The highest BCUT2D eigenvalue weighted by Crippen LogP contribution is 2.37. The Kier molecular flexibility index (Phi) is 7.99. The molecule has 1 N–H and O–H groups in total. The van der Waals surface area contributed by atoms with Crippen molar-refractivity contribution in [3.8, 4) is 0 Å². The second-order valence-electron chi connectivity index (χ2n) is 12.2. The van der Waals surface area contributed by atoms with E-state index in [1.54, 1.807) is 0 Å². The average molecular weight is 567 g/mol. The molecule has 6 rings (SSSR count). The molecule has 216 valence electrons. The molecule has 1 aliphatic heterocycles. The Bertz CT molecular complexity index is 1410. The Morgan fingerprint density at radius 1 is 1.00 bits per heavy atom. The van der Waals surface area contributed by atoms with Gasteiger partial charge in [-0.1, -0.05) is 69.4 Å². The molecule has 2 aliphatic carbocycles. The van der Waals surface area contributed by atoms with E-state index in [9.17, 15) is 8.42 Å². The summed E-state index contributed by atoms with van der Waals surface area (Å²) in [6, 6.07) is 10.4. The number of anilines is 2. The van der Waals surface area contributed by atoms with E-state index in [4.69, 9.17) is 9.72 Å². The van der Waals surface area contributed by atoms with E-state index >= 15 is 0 Å². The Hall–Kier alpha value is -2.72. The van der Waals surface area contributed by atoms with E-state index in [0.29, 0.717) is 37.1 Å². The summed E-state index contributed by atoms with van der Waals surface area (Å²) >= 11 is 0. The lowest BCUT2D eigenvalue weighted by atomic mass is 9.83. The van der Waals surface area contributed by atoms with Gasteiger partial charge in [-0.15, -0.1) is 0 Å². The topological polar surface area (TPSA) is 102 Å². The predicted molar refractivity (Wildman–Crippen MR) is 157 cm³/mol. The molecule has 1 atom stereocenters. The molecule has 9 nitrogen and oxygen atoms in total. The normalized spacial score (nSPS) is 24.2. The monoisotopic (exact) mass is 566 g/mol. The van der Waals surface area contributed by atoms with Crippen LogP contribution in [-0.2, 0) is 21.1 Å². The van der Waals surface area contributed by atoms with Gasteiger partial charge in [-0.05, 0) is 42.6 Å². The molecule has 0 spiro atoms. The summed E-state index contributed by atoms with van der Waals surface area (Å²) in [6.45, 7) is 5.79. The summed E-state index contributed by atoms with van der Waals surface area (Å²) in [5.41, 5.74) is 2.43. The van der Waals surface area contributed by atoms with Gasteiger partial charge in [-0.25, -0.2) is 8.42 Å². The zero-order chi connectivity index (χ0) is 27.7. The molecule has 3 aliphatic rings. The molecule has 3 fully saturated rings. The number of rotatable bonds is 9. The molecular weight excluding hydrogens is 524 g/mol. The second kappa shape index (κ2) is 11.6. The standard InChI is InChI=1S/C30H42N6O3S/c1-21-11-13-23(14-12-21)19-36-26-27(31-16-15-22-7-6-8-22)32-29(40(2,37)38)33-28(26)34-30(36)35-17-18-39-20-25(35)24-9-4-3-5-10-24/h3-5,9-10,21-23,25H,6-8,11-20H2,1-2H3,(H,31,32,33)/t21?,23?,25-/m0/s1. The van der Waals surface area contributed by atoms with Gasteiger partial charge in [-0.2, -0.15) is 15.0 Å². The molecule has 0 amide bonds. The highest BCUT2D eigenvalue weighted by molar-refractivity contribution is 7.90. The van der Waals surface area contributed by atoms with E-state index in [0.717, 1.165) is 42.8 Å². The molecule has 3 heterocycles. The number of fused-ring (bicyclic) bond motifs is 1. The summed E-state index contributed by atoms with van der Waals surface area (Å²) in [6.07, 6.45) is 10.9. The van der Waals surface area contributed by atoms with Gasteiger partial charge in [0.15, 0.2) is 11.5 Å². The number of hydrogen-bond acceptors (Lipinski definition) is 8. The van der Waals surface area contributed by atoms with Crippen molar-refractivity contribution in [2.24, 2.45) is 17.8 Å². The summed E-state index contributed by atoms with van der Waals surface area (Å²) < 4.78 is 33.5. The third kappa shape index (κ3) is 5.84. The van der Waals surface area contributed by atoms with Crippen molar-refractivity contribution in [3.63, 3.8) is 0 Å². The predicted octanol–water partition coefficient (Wildman–Crippen LogP) is 5.24. The maximum absolute atomic E-state index is 12.6. The minimum absolute atomic E-state index is 0.00857. The minimum atomic E-state index is -3.61. The van der Waals surface area contributed by atoms with Crippen molar-refractivity contribution in [1.82, 2.24) is 19.5 Å². The average Bonchev–Trinajstić information content (AvgIpc) is 3.29.